The zero-order valence-electron chi connectivity index (χ0n) is 3.71. The molecule has 0 aromatic carbocycles. The summed E-state index contributed by atoms with van der Waals surface area (Å²) in [6.07, 6.45) is 0. The van der Waals surface area contributed by atoms with Crippen LogP contribution in [-0.2, 0) is 14.3 Å². The lowest BCUT2D eigenvalue weighted by atomic mass is 10.7. The summed E-state index contributed by atoms with van der Waals surface area (Å²) in [6, 6.07) is 0. The molecule has 0 radical (unpaired) electrons. The summed E-state index contributed by atoms with van der Waals surface area (Å²) < 4.78 is 24.2. The van der Waals surface area contributed by atoms with Crippen LogP contribution in [0.3, 0.4) is 0 Å². The molecule has 1 heterocycles. The molecule has 0 fully saturated rings. The van der Waals surface area contributed by atoms with E-state index in [-0.39, 0.29) is 0 Å². The summed E-state index contributed by atoms with van der Waals surface area (Å²) in [4.78, 5) is 0. The molecule has 0 saturated carbocycles. The quantitative estimate of drug-likeness (QED) is 0.429. The van der Waals surface area contributed by atoms with Gasteiger partial charge in [0.1, 0.15) is 11.2 Å². The van der Waals surface area contributed by atoms with Gasteiger partial charge in [-0.25, -0.2) is 0 Å². The molecule has 0 bridgehead atoms. The van der Waals surface area contributed by atoms with Crippen LogP contribution in [0.1, 0.15) is 6.92 Å². The highest BCUT2D eigenvalue weighted by atomic mass is 32.2. The van der Waals surface area contributed by atoms with E-state index in [1.807, 2.05) is 0 Å². The lowest BCUT2D eigenvalue weighted by Crippen LogP contribution is -2.10. The van der Waals surface area contributed by atoms with Crippen LogP contribution in [0, 0.1) is 0 Å². The predicted octanol–water partition coefficient (Wildman–Crippen LogP) is 0.208. The molecule has 4 heteroatoms. The van der Waals surface area contributed by atoms with Crippen LogP contribution in [0.15, 0.2) is 11.2 Å². The van der Waals surface area contributed by atoms with Crippen molar-refractivity contribution in [3.63, 3.8) is 0 Å². The zero-order valence-corrected chi connectivity index (χ0v) is 4.53. The van der Waals surface area contributed by atoms with Crippen LogP contribution < -0.4 is 0 Å². The summed E-state index contributed by atoms with van der Waals surface area (Å²) in [6.45, 7) is 1.58. The average Bonchev–Trinajstić information content (AvgIpc) is 1.27. The second-order valence-corrected chi connectivity index (χ2v) is 2.69. The molecular formula is C3H4O3S. The predicted molar refractivity (Wildman–Crippen MR) is 23.8 cm³/mol. The summed E-state index contributed by atoms with van der Waals surface area (Å²) in [5, 5.41) is 1.08. The van der Waals surface area contributed by atoms with E-state index in [4.69, 9.17) is 0 Å². The van der Waals surface area contributed by atoms with Crippen LogP contribution in [0.4, 0.5) is 0 Å². The summed E-state index contributed by atoms with van der Waals surface area (Å²) >= 11 is 0. The highest BCUT2D eigenvalue weighted by Gasteiger charge is 2.19. The van der Waals surface area contributed by atoms with E-state index < -0.39 is 10.1 Å². The number of hydrogen-bond acceptors (Lipinski definition) is 3. The second kappa shape index (κ2) is 1.01. The van der Waals surface area contributed by atoms with Gasteiger partial charge in [0.2, 0.25) is 0 Å². The molecule has 7 heavy (non-hydrogen) atoms. The van der Waals surface area contributed by atoms with Gasteiger partial charge in [0.05, 0.1) is 0 Å². The first-order valence-electron chi connectivity index (χ1n) is 1.73. The molecule has 1 aliphatic rings. The Morgan fingerprint density at radius 3 is 2.14 bits per heavy atom. The maximum absolute atomic E-state index is 10.00. The van der Waals surface area contributed by atoms with Crippen molar-refractivity contribution in [2.24, 2.45) is 0 Å². The normalized spacial score (nSPS) is 24.4. The van der Waals surface area contributed by atoms with Gasteiger partial charge in [-0.05, 0) is 6.92 Å². The minimum atomic E-state index is -3.19. The van der Waals surface area contributed by atoms with Gasteiger partial charge in [-0.2, -0.15) is 8.42 Å². The number of allylic oxidation sites excluding steroid dienone is 1. The first-order valence-corrected chi connectivity index (χ1v) is 3.20. The number of rotatable bonds is 0. The second-order valence-electron chi connectivity index (χ2n) is 1.30. The van der Waals surface area contributed by atoms with E-state index in [0.29, 0.717) is 5.76 Å². The zero-order chi connectivity index (χ0) is 5.49. The fourth-order valence-electron chi connectivity index (χ4n) is 0.387. The average molecular weight is 120 g/mol. The Morgan fingerprint density at radius 1 is 1.71 bits per heavy atom. The van der Waals surface area contributed by atoms with Crippen molar-refractivity contribution in [2.45, 2.75) is 6.92 Å². The molecule has 0 unspecified atom stereocenters. The van der Waals surface area contributed by atoms with E-state index in [1.165, 1.54) is 0 Å². The highest BCUT2D eigenvalue weighted by molar-refractivity contribution is 7.90. The van der Waals surface area contributed by atoms with Crippen molar-refractivity contribution in [3.05, 3.63) is 11.2 Å². The molecule has 0 saturated heterocycles. The van der Waals surface area contributed by atoms with Crippen molar-refractivity contribution in [1.29, 1.82) is 0 Å². The standard InChI is InChI=1S/C3H4O3S/c1-3-2-7(4,5)6-3/h2H,1H3. The Hall–Kier alpha value is -0.510. The topological polar surface area (TPSA) is 43.4 Å². The van der Waals surface area contributed by atoms with Gasteiger partial charge in [-0.3, -0.25) is 0 Å². The van der Waals surface area contributed by atoms with Crippen molar-refractivity contribution >= 4 is 10.1 Å². The van der Waals surface area contributed by atoms with Gasteiger partial charge in [0.25, 0.3) is 0 Å². The van der Waals surface area contributed by atoms with Crippen LogP contribution in [-0.4, -0.2) is 8.42 Å². The minimum Gasteiger partial charge on any atom is -0.383 e. The van der Waals surface area contributed by atoms with Gasteiger partial charge in [0, 0.05) is 0 Å². The SMILES string of the molecule is CC1=CS(=O)(=O)O1. The smallest absolute Gasteiger partial charge is 0.335 e. The Kier molecular flexibility index (Phi) is 0.667. The third-order valence-corrected chi connectivity index (χ3v) is 1.67. The molecule has 0 aromatic heterocycles. The Balaban J connectivity index is 3.01. The Morgan fingerprint density at radius 2 is 2.14 bits per heavy atom. The lowest BCUT2D eigenvalue weighted by molar-refractivity contribution is 0.392. The molecule has 1 aliphatic heterocycles. The van der Waals surface area contributed by atoms with Gasteiger partial charge in [-0.1, -0.05) is 0 Å². The van der Waals surface area contributed by atoms with Crippen molar-refractivity contribution < 1.29 is 12.6 Å². The van der Waals surface area contributed by atoms with Crippen molar-refractivity contribution in [1.82, 2.24) is 0 Å². The van der Waals surface area contributed by atoms with Crippen LogP contribution in [0.25, 0.3) is 0 Å². The Bertz CT molecular complexity index is 198. The molecule has 3 nitrogen and oxygen atoms in total. The molecule has 0 spiro atoms. The van der Waals surface area contributed by atoms with E-state index in [9.17, 15) is 8.42 Å². The Labute approximate surface area is 41.7 Å². The van der Waals surface area contributed by atoms with E-state index in [1.54, 1.807) is 6.92 Å². The van der Waals surface area contributed by atoms with Crippen LogP contribution >= 0.6 is 0 Å². The van der Waals surface area contributed by atoms with Crippen molar-refractivity contribution in [2.75, 3.05) is 0 Å². The van der Waals surface area contributed by atoms with E-state index >= 15 is 0 Å². The van der Waals surface area contributed by atoms with Crippen LogP contribution in [0.5, 0.6) is 0 Å². The third kappa shape index (κ3) is 0.742. The fraction of sp³-hybridized carbons (Fsp3) is 0.333. The molecule has 0 amide bonds. The minimum absolute atomic E-state index is 0.458. The van der Waals surface area contributed by atoms with Gasteiger partial charge < -0.3 is 4.18 Å². The van der Waals surface area contributed by atoms with Gasteiger partial charge >= 0.3 is 10.1 Å². The van der Waals surface area contributed by atoms with Gasteiger partial charge in [-0.15, -0.1) is 0 Å². The monoisotopic (exact) mass is 120 g/mol. The molecule has 1 rings (SSSR count). The van der Waals surface area contributed by atoms with Gasteiger partial charge in [0.15, 0.2) is 0 Å². The summed E-state index contributed by atoms with van der Waals surface area (Å²) in [7, 11) is -3.19. The molecule has 0 aromatic rings. The molecule has 0 N–H and O–H groups in total. The molecule has 0 aliphatic carbocycles. The van der Waals surface area contributed by atoms with E-state index in [0.717, 1.165) is 5.41 Å². The molecule has 0 atom stereocenters. The number of hydrogen-bond donors (Lipinski definition) is 0. The van der Waals surface area contributed by atoms with Crippen LogP contribution in [0.2, 0.25) is 0 Å². The summed E-state index contributed by atoms with van der Waals surface area (Å²) in [5.74, 6) is 0.458. The highest BCUT2D eigenvalue weighted by Crippen LogP contribution is 2.16. The third-order valence-electron chi connectivity index (χ3n) is 0.558. The lowest BCUT2D eigenvalue weighted by Gasteiger charge is -2.09. The molecule has 40 valence electrons. The maximum atomic E-state index is 10.00. The molecular weight excluding hydrogens is 116 g/mol. The fourth-order valence-corrected chi connectivity index (χ4v) is 1.16. The largest absolute Gasteiger partial charge is 0.383 e. The van der Waals surface area contributed by atoms with Crippen molar-refractivity contribution in [3.8, 4) is 0 Å². The first-order chi connectivity index (χ1) is 3.10. The first kappa shape index (κ1) is 4.64. The maximum Gasteiger partial charge on any atom is 0.335 e. The van der Waals surface area contributed by atoms with E-state index in [2.05, 4.69) is 4.18 Å². The summed E-state index contributed by atoms with van der Waals surface area (Å²) in [5.41, 5.74) is 0.